The van der Waals surface area contributed by atoms with Gasteiger partial charge in [0.25, 0.3) is 0 Å². The number of H-pyrrole nitrogens is 1. The van der Waals surface area contributed by atoms with Gasteiger partial charge in [-0.15, -0.1) is 0 Å². The molecule has 0 atom stereocenters. The summed E-state index contributed by atoms with van der Waals surface area (Å²) in [6.07, 6.45) is 3.34. The Morgan fingerprint density at radius 1 is 1.29 bits per heavy atom. The highest BCUT2D eigenvalue weighted by Gasteiger charge is 2.23. The quantitative estimate of drug-likeness (QED) is 0.726. The predicted octanol–water partition coefficient (Wildman–Crippen LogP) is 0.619. The fraction of sp³-hybridized carbons (Fsp3) is 0.385. The van der Waals surface area contributed by atoms with Crippen molar-refractivity contribution in [2.75, 3.05) is 7.05 Å². The van der Waals surface area contributed by atoms with E-state index in [-0.39, 0.29) is 11.4 Å². The van der Waals surface area contributed by atoms with E-state index in [1.54, 1.807) is 26.4 Å². The first kappa shape index (κ1) is 15.6. The summed E-state index contributed by atoms with van der Waals surface area (Å²) in [7, 11) is -1.88. The molecule has 0 aliphatic carbocycles. The molecule has 0 saturated heterocycles. The third-order valence-electron chi connectivity index (χ3n) is 3.17. The molecular formula is C13H19N5O2S. The first-order valence-electron chi connectivity index (χ1n) is 6.53. The first-order chi connectivity index (χ1) is 9.95. The van der Waals surface area contributed by atoms with Gasteiger partial charge >= 0.3 is 0 Å². The van der Waals surface area contributed by atoms with Crippen LogP contribution < -0.4 is 10.0 Å². The maximum absolute atomic E-state index is 12.5. The van der Waals surface area contributed by atoms with E-state index < -0.39 is 10.0 Å². The lowest BCUT2D eigenvalue weighted by Gasteiger charge is -2.09. The second-order valence-corrected chi connectivity index (χ2v) is 6.49. The van der Waals surface area contributed by atoms with Gasteiger partial charge in [0.2, 0.25) is 10.0 Å². The molecule has 0 unspecified atom stereocenters. The molecule has 0 radical (unpaired) electrons. The van der Waals surface area contributed by atoms with E-state index in [0.29, 0.717) is 17.9 Å². The summed E-state index contributed by atoms with van der Waals surface area (Å²) in [6, 6.07) is 1.85. The van der Waals surface area contributed by atoms with Gasteiger partial charge in [0.05, 0.1) is 11.4 Å². The van der Waals surface area contributed by atoms with E-state index in [9.17, 15) is 8.42 Å². The number of hydrogen-bond donors (Lipinski definition) is 3. The Morgan fingerprint density at radius 3 is 2.71 bits per heavy atom. The molecule has 0 saturated carbocycles. The highest BCUT2D eigenvalue weighted by Crippen LogP contribution is 2.18. The second-order valence-electron chi connectivity index (χ2n) is 4.78. The summed E-state index contributed by atoms with van der Waals surface area (Å²) < 4.78 is 27.6. The average Bonchev–Trinajstić information content (AvgIpc) is 2.80. The largest absolute Gasteiger partial charge is 0.314 e. The summed E-state index contributed by atoms with van der Waals surface area (Å²) in [5, 5.41) is 9.65. The minimum Gasteiger partial charge on any atom is -0.314 e. The highest BCUT2D eigenvalue weighted by molar-refractivity contribution is 7.89. The normalized spacial score (nSPS) is 11.8. The van der Waals surface area contributed by atoms with Crippen LogP contribution in [0.5, 0.6) is 0 Å². The third-order valence-corrected chi connectivity index (χ3v) is 4.78. The van der Waals surface area contributed by atoms with E-state index in [1.807, 2.05) is 13.0 Å². The van der Waals surface area contributed by atoms with Crippen LogP contribution in [0.2, 0.25) is 0 Å². The van der Waals surface area contributed by atoms with Gasteiger partial charge in [-0.25, -0.2) is 13.1 Å². The lowest BCUT2D eigenvalue weighted by atomic mass is 10.2. The standard InChI is InChI=1S/C13H19N5O2S/c1-9-4-5-15-6-11(9)7-16-21(19,20)13-10(2)17-18-12(13)8-14-3/h4-6,14,16H,7-8H2,1-3H3,(H,17,18). The van der Waals surface area contributed by atoms with Crippen molar-refractivity contribution in [2.45, 2.75) is 31.8 Å². The molecule has 21 heavy (non-hydrogen) atoms. The number of pyridine rings is 1. The summed E-state index contributed by atoms with van der Waals surface area (Å²) in [4.78, 5) is 4.22. The zero-order valence-electron chi connectivity index (χ0n) is 12.3. The fourth-order valence-corrected chi connectivity index (χ4v) is 3.41. The van der Waals surface area contributed by atoms with Crippen LogP contribution in [0.4, 0.5) is 0 Å². The van der Waals surface area contributed by atoms with Crippen LogP contribution in [-0.4, -0.2) is 30.6 Å². The third kappa shape index (κ3) is 3.46. The highest BCUT2D eigenvalue weighted by atomic mass is 32.2. The van der Waals surface area contributed by atoms with Crippen molar-refractivity contribution in [2.24, 2.45) is 0 Å². The van der Waals surface area contributed by atoms with Gasteiger partial charge < -0.3 is 5.32 Å². The van der Waals surface area contributed by atoms with E-state index in [0.717, 1.165) is 11.1 Å². The molecule has 7 nitrogen and oxygen atoms in total. The number of rotatable bonds is 6. The van der Waals surface area contributed by atoms with Gasteiger partial charge in [-0.2, -0.15) is 5.10 Å². The van der Waals surface area contributed by atoms with E-state index in [4.69, 9.17) is 0 Å². The van der Waals surface area contributed by atoms with Crippen LogP contribution in [0.1, 0.15) is 22.5 Å². The Bertz CT molecular complexity index is 724. The number of aryl methyl sites for hydroxylation is 2. The zero-order chi connectivity index (χ0) is 15.5. The lowest BCUT2D eigenvalue weighted by Crippen LogP contribution is -2.25. The van der Waals surface area contributed by atoms with Crippen molar-refractivity contribution in [1.82, 2.24) is 25.2 Å². The minimum atomic E-state index is -3.63. The Morgan fingerprint density at radius 2 is 2.05 bits per heavy atom. The smallest absolute Gasteiger partial charge is 0.244 e. The van der Waals surface area contributed by atoms with Crippen LogP contribution in [0, 0.1) is 13.8 Å². The van der Waals surface area contributed by atoms with Crippen molar-refractivity contribution in [3.05, 3.63) is 41.0 Å². The maximum atomic E-state index is 12.5. The number of nitrogens with zero attached hydrogens (tertiary/aromatic N) is 2. The SMILES string of the molecule is CNCc1n[nH]c(C)c1S(=O)(=O)NCc1cnccc1C. The number of aromatic nitrogens is 3. The number of hydrogen-bond acceptors (Lipinski definition) is 5. The van der Waals surface area contributed by atoms with Gasteiger partial charge in [0, 0.05) is 25.5 Å². The van der Waals surface area contributed by atoms with Crippen LogP contribution in [0.3, 0.4) is 0 Å². The Balaban J connectivity index is 2.23. The molecule has 0 aliphatic rings. The summed E-state index contributed by atoms with van der Waals surface area (Å²) in [6.45, 7) is 4.19. The Labute approximate surface area is 124 Å². The summed E-state index contributed by atoms with van der Waals surface area (Å²) in [5.74, 6) is 0. The van der Waals surface area contributed by atoms with Crippen molar-refractivity contribution in [3.63, 3.8) is 0 Å². The molecule has 0 fully saturated rings. The molecule has 3 N–H and O–H groups in total. The number of nitrogens with one attached hydrogen (secondary N) is 3. The number of sulfonamides is 1. The predicted molar refractivity (Wildman–Crippen MR) is 79.1 cm³/mol. The van der Waals surface area contributed by atoms with Gasteiger partial charge in [-0.1, -0.05) is 0 Å². The molecular weight excluding hydrogens is 290 g/mol. The molecule has 2 aromatic rings. The monoisotopic (exact) mass is 309 g/mol. The Hall–Kier alpha value is -1.77. The van der Waals surface area contributed by atoms with Crippen molar-refractivity contribution in [3.8, 4) is 0 Å². The lowest BCUT2D eigenvalue weighted by molar-refractivity contribution is 0.578. The first-order valence-corrected chi connectivity index (χ1v) is 8.01. The topological polar surface area (TPSA) is 99.8 Å². The summed E-state index contributed by atoms with van der Waals surface area (Å²) >= 11 is 0. The number of aromatic amines is 1. The van der Waals surface area contributed by atoms with E-state index in [1.165, 1.54) is 0 Å². The van der Waals surface area contributed by atoms with Crippen LogP contribution in [-0.2, 0) is 23.1 Å². The van der Waals surface area contributed by atoms with Crippen LogP contribution in [0.25, 0.3) is 0 Å². The van der Waals surface area contributed by atoms with E-state index >= 15 is 0 Å². The van der Waals surface area contributed by atoms with Crippen molar-refractivity contribution >= 4 is 10.0 Å². The molecule has 114 valence electrons. The van der Waals surface area contributed by atoms with Crippen LogP contribution >= 0.6 is 0 Å². The molecule has 8 heteroatoms. The molecule has 0 aromatic carbocycles. The summed E-state index contributed by atoms with van der Waals surface area (Å²) in [5.41, 5.74) is 2.84. The molecule has 0 bridgehead atoms. The van der Waals surface area contributed by atoms with Crippen molar-refractivity contribution < 1.29 is 8.42 Å². The molecule has 0 spiro atoms. The van der Waals surface area contributed by atoms with Gasteiger partial charge in [-0.05, 0) is 38.1 Å². The molecule has 0 amide bonds. The van der Waals surface area contributed by atoms with Gasteiger partial charge in [0.15, 0.2) is 0 Å². The van der Waals surface area contributed by atoms with Crippen molar-refractivity contribution in [1.29, 1.82) is 0 Å². The molecule has 2 aromatic heterocycles. The van der Waals surface area contributed by atoms with E-state index in [2.05, 4.69) is 25.2 Å². The fourth-order valence-electron chi connectivity index (χ4n) is 2.04. The minimum absolute atomic E-state index is 0.200. The zero-order valence-corrected chi connectivity index (χ0v) is 13.1. The molecule has 2 rings (SSSR count). The van der Waals surface area contributed by atoms with Crippen LogP contribution in [0.15, 0.2) is 23.4 Å². The Kier molecular flexibility index (Phi) is 4.71. The average molecular weight is 309 g/mol. The second kappa shape index (κ2) is 6.33. The molecule has 2 heterocycles. The molecule has 0 aliphatic heterocycles. The maximum Gasteiger partial charge on any atom is 0.244 e. The van der Waals surface area contributed by atoms with Gasteiger partial charge in [-0.3, -0.25) is 10.1 Å². The van der Waals surface area contributed by atoms with Gasteiger partial charge in [0.1, 0.15) is 4.90 Å².